The minimum absolute atomic E-state index is 0.581. The van der Waals surface area contributed by atoms with Crippen molar-refractivity contribution in [1.29, 1.82) is 0 Å². The molecule has 26 heavy (non-hydrogen) atoms. The molecule has 0 aliphatic rings. The fourth-order valence-electron chi connectivity index (χ4n) is 2.47. The Balaban J connectivity index is 1.60. The second kappa shape index (κ2) is 9.06. The summed E-state index contributed by atoms with van der Waals surface area (Å²) in [6.07, 6.45) is 2.59. The summed E-state index contributed by atoms with van der Waals surface area (Å²) in [6.45, 7) is 3.31. The van der Waals surface area contributed by atoms with Crippen molar-refractivity contribution in [3.63, 3.8) is 0 Å². The quantitative estimate of drug-likeness (QED) is 0.590. The van der Waals surface area contributed by atoms with Crippen LogP contribution in [0.4, 0.5) is 17.5 Å². The molecule has 0 saturated heterocycles. The van der Waals surface area contributed by atoms with Crippen LogP contribution >= 0.6 is 11.6 Å². The van der Waals surface area contributed by atoms with Gasteiger partial charge in [-0.1, -0.05) is 35.9 Å². The van der Waals surface area contributed by atoms with Crippen molar-refractivity contribution in [3.8, 4) is 5.75 Å². The van der Waals surface area contributed by atoms with Gasteiger partial charge in [-0.05, 0) is 49.2 Å². The first-order valence-corrected chi connectivity index (χ1v) is 8.92. The van der Waals surface area contributed by atoms with Gasteiger partial charge < -0.3 is 15.4 Å². The highest BCUT2D eigenvalue weighted by Gasteiger charge is 2.05. The Bertz CT molecular complexity index is 839. The zero-order valence-corrected chi connectivity index (χ0v) is 15.3. The van der Waals surface area contributed by atoms with Gasteiger partial charge in [0, 0.05) is 17.8 Å². The van der Waals surface area contributed by atoms with E-state index in [0.717, 1.165) is 29.4 Å². The van der Waals surface area contributed by atoms with E-state index in [-0.39, 0.29) is 0 Å². The predicted molar refractivity (Wildman–Crippen MR) is 107 cm³/mol. The van der Waals surface area contributed by atoms with E-state index in [1.54, 1.807) is 6.20 Å². The van der Waals surface area contributed by atoms with Gasteiger partial charge in [-0.3, -0.25) is 0 Å². The molecule has 0 spiro atoms. The van der Waals surface area contributed by atoms with Gasteiger partial charge in [0.15, 0.2) is 0 Å². The van der Waals surface area contributed by atoms with Crippen LogP contribution < -0.4 is 15.4 Å². The van der Waals surface area contributed by atoms with Crippen molar-refractivity contribution in [2.24, 2.45) is 0 Å². The number of anilines is 3. The minimum atomic E-state index is 0.581. The lowest BCUT2D eigenvalue weighted by atomic mass is 10.1. The molecule has 0 saturated carbocycles. The van der Waals surface area contributed by atoms with E-state index in [1.165, 1.54) is 5.56 Å². The van der Waals surface area contributed by atoms with Crippen LogP contribution in [-0.4, -0.2) is 23.1 Å². The van der Waals surface area contributed by atoms with Crippen LogP contribution in [0.2, 0.25) is 5.02 Å². The standard InChI is InChI=1S/C20H21ClN4O/c1-2-26-18-6-4-3-5-17(18)24-19-12-14-23-20(25-19)22-13-11-15-7-9-16(21)10-8-15/h3-10,12,14H,2,11,13H2,1H3,(H2,22,23,24,25). The first kappa shape index (κ1) is 18.0. The molecule has 3 rings (SSSR count). The first-order chi connectivity index (χ1) is 12.7. The zero-order valence-electron chi connectivity index (χ0n) is 14.6. The summed E-state index contributed by atoms with van der Waals surface area (Å²) < 4.78 is 5.63. The average Bonchev–Trinajstić information content (AvgIpc) is 2.66. The lowest BCUT2D eigenvalue weighted by Crippen LogP contribution is -2.08. The molecule has 134 valence electrons. The van der Waals surface area contributed by atoms with Crippen molar-refractivity contribution < 1.29 is 4.74 Å². The van der Waals surface area contributed by atoms with Crippen LogP contribution in [0, 0.1) is 0 Å². The second-order valence-electron chi connectivity index (χ2n) is 5.62. The molecule has 0 fully saturated rings. The fraction of sp³-hybridized carbons (Fsp3) is 0.200. The third-order valence-electron chi connectivity index (χ3n) is 3.72. The summed E-state index contributed by atoms with van der Waals surface area (Å²) in [5, 5.41) is 7.27. The third kappa shape index (κ3) is 5.10. The van der Waals surface area contributed by atoms with Gasteiger partial charge in [0.25, 0.3) is 0 Å². The van der Waals surface area contributed by atoms with Crippen LogP contribution in [0.25, 0.3) is 0 Å². The highest BCUT2D eigenvalue weighted by atomic mass is 35.5. The Morgan fingerprint density at radius 2 is 1.85 bits per heavy atom. The highest BCUT2D eigenvalue weighted by molar-refractivity contribution is 6.30. The van der Waals surface area contributed by atoms with Crippen molar-refractivity contribution in [3.05, 3.63) is 71.4 Å². The smallest absolute Gasteiger partial charge is 0.224 e. The van der Waals surface area contributed by atoms with Crippen molar-refractivity contribution in [2.75, 3.05) is 23.8 Å². The maximum atomic E-state index is 5.90. The van der Waals surface area contributed by atoms with Crippen LogP contribution in [-0.2, 0) is 6.42 Å². The van der Waals surface area contributed by atoms with Crippen LogP contribution in [0.1, 0.15) is 12.5 Å². The molecule has 0 aliphatic heterocycles. The average molecular weight is 369 g/mol. The summed E-state index contributed by atoms with van der Waals surface area (Å²) in [7, 11) is 0. The molecule has 1 heterocycles. The maximum absolute atomic E-state index is 5.90. The van der Waals surface area contributed by atoms with Crippen molar-refractivity contribution >= 4 is 29.1 Å². The second-order valence-corrected chi connectivity index (χ2v) is 6.06. The summed E-state index contributed by atoms with van der Waals surface area (Å²) >= 11 is 5.90. The van der Waals surface area contributed by atoms with Crippen molar-refractivity contribution in [1.82, 2.24) is 9.97 Å². The van der Waals surface area contributed by atoms with Gasteiger partial charge >= 0.3 is 0 Å². The van der Waals surface area contributed by atoms with Crippen LogP contribution in [0.15, 0.2) is 60.8 Å². The summed E-state index contributed by atoms with van der Waals surface area (Å²) in [5.41, 5.74) is 2.09. The van der Waals surface area contributed by atoms with E-state index in [2.05, 4.69) is 20.6 Å². The van der Waals surface area contributed by atoms with Gasteiger partial charge in [-0.15, -0.1) is 0 Å². The Morgan fingerprint density at radius 3 is 2.65 bits per heavy atom. The van der Waals surface area contributed by atoms with Crippen molar-refractivity contribution in [2.45, 2.75) is 13.3 Å². The molecule has 3 aromatic rings. The van der Waals surface area contributed by atoms with E-state index in [4.69, 9.17) is 16.3 Å². The maximum Gasteiger partial charge on any atom is 0.224 e. The van der Waals surface area contributed by atoms with E-state index >= 15 is 0 Å². The number of nitrogens with zero attached hydrogens (tertiary/aromatic N) is 2. The van der Waals surface area contributed by atoms with E-state index in [9.17, 15) is 0 Å². The molecule has 2 aromatic carbocycles. The van der Waals surface area contributed by atoms with Gasteiger partial charge in [0.05, 0.1) is 12.3 Å². The molecule has 1 aromatic heterocycles. The summed E-state index contributed by atoms with van der Waals surface area (Å²) in [6, 6.07) is 17.5. The van der Waals surface area contributed by atoms with E-state index in [1.807, 2.05) is 61.5 Å². The molecule has 0 atom stereocenters. The molecule has 0 bridgehead atoms. The number of hydrogen-bond donors (Lipinski definition) is 2. The first-order valence-electron chi connectivity index (χ1n) is 8.55. The van der Waals surface area contributed by atoms with Crippen LogP contribution in [0.5, 0.6) is 5.75 Å². The SMILES string of the molecule is CCOc1ccccc1Nc1ccnc(NCCc2ccc(Cl)cc2)n1. The zero-order chi connectivity index (χ0) is 18.2. The monoisotopic (exact) mass is 368 g/mol. The van der Waals surface area contributed by atoms with Gasteiger partial charge in [0.1, 0.15) is 11.6 Å². The lowest BCUT2D eigenvalue weighted by Gasteiger charge is -2.12. The van der Waals surface area contributed by atoms with Gasteiger partial charge in [-0.2, -0.15) is 4.98 Å². The van der Waals surface area contributed by atoms with E-state index < -0.39 is 0 Å². The van der Waals surface area contributed by atoms with E-state index in [0.29, 0.717) is 18.4 Å². The highest BCUT2D eigenvalue weighted by Crippen LogP contribution is 2.26. The lowest BCUT2D eigenvalue weighted by molar-refractivity contribution is 0.342. The molecular formula is C20H21ClN4O. The number of ether oxygens (including phenoxy) is 1. The molecule has 0 radical (unpaired) electrons. The Kier molecular flexibility index (Phi) is 6.28. The topological polar surface area (TPSA) is 59.1 Å². The Morgan fingerprint density at radius 1 is 1.04 bits per heavy atom. The number of rotatable bonds is 8. The Hall–Kier alpha value is -2.79. The molecule has 2 N–H and O–H groups in total. The molecule has 0 aliphatic carbocycles. The number of hydrogen-bond acceptors (Lipinski definition) is 5. The van der Waals surface area contributed by atoms with Gasteiger partial charge in [0.2, 0.25) is 5.95 Å². The molecule has 6 heteroatoms. The summed E-state index contributed by atoms with van der Waals surface area (Å²) in [4.78, 5) is 8.78. The van der Waals surface area contributed by atoms with Gasteiger partial charge in [-0.25, -0.2) is 4.98 Å². The number of halogens is 1. The molecular weight excluding hydrogens is 348 g/mol. The number of para-hydroxylation sites is 2. The number of nitrogens with one attached hydrogen (secondary N) is 2. The molecule has 0 unspecified atom stereocenters. The molecule has 0 amide bonds. The number of aromatic nitrogens is 2. The minimum Gasteiger partial charge on any atom is -0.492 e. The third-order valence-corrected chi connectivity index (χ3v) is 3.97. The normalized spacial score (nSPS) is 10.4. The largest absolute Gasteiger partial charge is 0.492 e. The molecule has 5 nitrogen and oxygen atoms in total. The summed E-state index contributed by atoms with van der Waals surface area (Å²) in [5.74, 6) is 2.09. The fourth-order valence-corrected chi connectivity index (χ4v) is 2.60. The Labute approximate surface area is 158 Å². The predicted octanol–water partition coefficient (Wildman–Crippen LogP) is 4.93. The van der Waals surface area contributed by atoms with Crippen LogP contribution in [0.3, 0.4) is 0 Å². The number of benzene rings is 2.